The maximum atomic E-state index is 5.56. The number of nitrogens with zero attached hydrogens (tertiary/aromatic N) is 1. The van der Waals surface area contributed by atoms with Gasteiger partial charge < -0.3 is 24.4 Å². The Bertz CT molecular complexity index is 885. The van der Waals surface area contributed by atoms with Crippen molar-refractivity contribution in [3.8, 4) is 23.0 Å². The highest BCUT2D eigenvalue weighted by atomic mass is 79.9. The molecule has 2 aromatic rings. The van der Waals surface area contributed by atoms with Gasteiger partial charge in [-0.05, 0) is 49.2 Å². The first-order valence-electron chi connectivity index (χ1n) is 9.39. The molecule has 0 amide bonds. The van der Waals surface area contributed by atoms with E-state index in [1.165, 1.54) is 5.56 Å². The summed E-state index contributed by atoms with van der Waals surface area (Å²) in [6.07, 6.45) is 0.978. The van der Waals surface area contributed by atoms with Crippen molar-refractivity contribution in [2.24, 2.45) is 5.10 Å². The van der Waals surface area contributed by atoms with Crippen molar-refractivity contribution in [3.63, 3.8) is 0 Å². The van der Waals surface area contributed by atoms with Crippen LogP contribution in [0.3, 0.4) is 0 Å². The molecule has 1 heterocycles. The first-order valence-corrected chi connectivity index (χ1v) is 9.39. The van der Waals surface area contributed by atoms with E-state index >= 15 is 0 Å². The largest absolute Gasteiger partial charge is 0.493 e. The summed E-state index contributed by atoms with van der Waals surface area (Å²) in [7, 11) is 6.56. The summed E-state index contributed by atoms with van der Waals surface area (Å²) >= 11 is 0. The number of hydrogen-bond acceptors (Lipinski definition) is 6. The first kappa shape index (κ1) is 22.9. The molecule has 1 aliphatic heterocycles. The Morgan fingerprint density at radius 3 is 2.03 bits per heavy atom. The van der Waals surface area contributed by atoms with Crippen LogP contribution < -0.4 is 24.4 Å². The van der Waals surface area contributed by atoms with Crippen LogP contribution >= 0.6 is 17.0 Å². The molecule has 2 atom stereocenters. The van der Waals surface area contributed by atoms with Crippen LogP contribution in [0.1, 0.15) is 42.9 Å². The summed E-state index contributed by atoms with van der Waals surface area (Å²) in [6, 6.07) is 10.1. The molecule has 0 bridgehead atoms. The van der Waals surface area contributed by atoms with E-state index < -0.39 is 0 Å². The topological polar surface area (TPSA) is 61.3 Å². The zero-order chi connectivity index (χ0) is 20.3. The Hall–Kier alpha value is -2.41. The van der Waals surface area contributed by atoms with Gasteiger partial charge in [0.05, 0.1) is 34.2 Å². The Kier molecular flexibility index (Phi) is 7.79. The molecule has 0 aliphatic carbocycles. The van der Waals surface area contributed by atoms with Gasteiger partial charge in [-0.2, -0.15) is 5.10 Å². The number of benzene rings is 2. The summed E-state index contributed by atoms with van der Waals surface area (Å²) < 4.78 is 22.0. The molecule has 7 heteroatoms. The predicted molar refractivity (Wildman–Crippen MR) is 121 cm³/mol. The van der Waals surface area contributed by atoms with Gasteiger partial charge in [-0.15, -0.1) is 17.0 Å². The van der Waals surface area contributed by atoms with Gasteiger partial charge in [0, 0.05) is 23.1 Å². The van der Waals surface area contributed by atoms with Crippen molar-refractivity contribution >= 4 is 22.7 Å². The van der Waals surface area contributed by atoms with E-state index in [0.29, 0.717) is 17.2 Å². The molecular weight excluding hydrogens is 436 g/mol. The molecule has 29 heavy (non-hydrogen) atoms. The summed E-state index contributed by atoms with van der Waals surface area (Å²) in [5.41, 5.74) is 7.29. The highest BCUT2D eigenvalue weighted by molar-refractivity contribution is 8.93. The lowest BCUT2D eigenvalue weighted by Crippen LogP contribution is -2.26. The molecule has 0 radical (unpaired) electrons. The molecule has 1 N–H and O–H groups in total. The number of hydrazone groups is 1. The lowest BCUT2D eigenvalue weighted by atomic mass is 9.84. The van der Waals surface area contributed by atoms with Crippen LogP contribution in [-0.2, 0) is 0 Å². The quantitative estimate of drug-likeness (QED) is 0.679. The van der Waals surface area contributed by atoms with Gasteiger partial charge in [0.15, 0.2) is 23.0 Å². The SMILES string of the molecule is Br.CCC1c2cc(OC)c(OC)cc2C(c2ccc(OC)c(OC)c2)=NNC1C. The zero-order valence-electron chi connectivity index (χ0n) is 17.7. The van der Waals surface area contributed by atoms with Crippen LogP contribution in [0.4, 0.5) is 0 Å². The number of halogens is 1. The van der Waals surface area contributed by atoms with E-state index in [1.807, 2.05) is 24.3 Å². The minimum Gasteiger partial charge on any atom is -0.493 e. The van der Waals surface area contributed by atoms with E-state index in [2.05, 4.69) is 25.3 Å². The first-order chi connectivity index (χ1) is 13.6. The van der Waals surface area contributed by atoms with Gasteiger partial charge in [-0.25, -0.2) is 0 Å². The summed E-state index contributed by atoms with van der Waals surface area (Å²) in [4.78, 5) is 0. The van der Waals surface area contributed by atoms with Crippen molar-refractivity contribution < 1.29 is 18.9 Å². The van der Waals surface area contributed by atoms with Gasteiger partial charge in [0.25, 0.3) is 0 Å². The van der Waals surface area contributed by atoms with Gasteiger partial charge >= 0.3 is 0 Å². The Morgan fingerprint density at radius 1 is 0.862 bits per heavy atom. The molecular formula is C22H29BrN2O4. The number of hydrogen-bond donors (Lipinski definition) is 1. The highest BCUT2D eigenvalue weighted by Gasteiger charge is 2.28. The average molecular weight is 465 g/mol. The third kappa shape index (κ3) is 4.29. The molecule has 0 aromatic heterocycles. The van der Waals surface area contributed by atoms with Crippen LogP contribution in [0.15, 0.2) is 35.4 Å². The van der Waals surface area contributed by atoms with Crippen molar-refractivity contribution in [2.45, 2.75) is 32.2 Å². The number of ether oxygens (including phenoxy) is 4. The average Bonchev–Trinajstić information content (AvgIpc) is 2.87. The molecule has 2 unspecified atom stereocenters. The minimum absolute atomic E-state index is 0. The summed E-state index contributed by atoms with van der Waals surface area (Å²) in [5, 5.41) is 4.75. The smallest absolute Gasteiger partial charge is 0.161 e. The van der Waals surface area contributed by atoms with Crippen LogP contribution in [-0.4, -0.2) is 40.2 Å². The second-order valence-corrected chi connectivity index (χ2v) is 6.76. The standard InChI is InChI=1S/C22H28N2O4.BrH/c1-7-15-13(2)23-24-22(14-8-9-18(25-3)19(10-14)26-4)17-12-21(28-6)20(27-5)11-16(15)17;/h8-13,15,23H,7H2,1-6H3;1H. The predicted octanol–water partition coefficient (Wildman–Crippen LogP) is 4.54. The number of fused-ring (bicyclic) bond motifs is 1. The van der Waals surface area contributed by atoms with Gasteiger partial charge in [0.1, 0.15) is 0 Å². The van der Waals surface area contributed by atoms with E-state index in [9.17, 15) is 0 Å². The fourth-order valence-corrected chi connectivity index (χ4v) is 3.77. The second-order valence-electron chi connectivity index (χ2n) is 6.76. The summed E-state index contributed by atoms with van der Waals surface area (Å²) in [6.45, 7) is 4.33. The Morgan fingerprint density at radius 2 is 1.45 bits per heavy atom. The van der Waals surface area contributed by atoms with Crippen molar-refractivity contribution in [3.05, 3.63) is 47.0 Å². The lowest BCUT2D eigenvalue weighted by Gasteiger charge is -2.23. The molecule has 2 aromatic carbocycles. The molecule has 0 saturated carbocycles. The normalized spacial score (nSPS) is 17.7. The van der Waals surface area contributed by atoms with E-state index in [1.54, 1.807) is 28.4 Å². The fourth-order valence-electron chi connectivity index (χ4n) is 3.77. The van der Waals surface area contributed by atoms with E-state index in [0.717, 1.165) is 29.0 Å². The number of nitrogens with one attached hydrogen (secondary N) is 1. The molecule has 0 saturated heterocycles. The van der Waals surface area contributed by atoms with Crippen LogP contribution in [0.25, 0.3) is 0 Å². The maximum Gasteiger partial charge on any atom is 0.161 e. The van der Waals surface area contributed by atoms with Crippen LogP contribution in [0, 0.1) is 0 Å². The van der Waals surface area contributed by atoms with Crippen molar-refractivity contribution in [1.82, 2.24) is 5.43 Å². The van der Waals surface area contributed by atoms with E-state index in [-0.39, 0.29) is 28.9 Å². The minimum atomic E-state index is 0. The van der Waals surface area contributed by atoms with Crippen molar-refractivity contribution in [2.75, 3.05) is 28.4 Å². The zero-order valence-corrected chi connectivity index (χ0v) is 19.5. The van der Waals surface area contributed by atoms with E-state index in [4.69, 9.17) is 24.0 Å². The summed E-state index contributed by atoms with van der Waals surface area (Å²) in [5.74, 6) is 3.03. The van der Waals surface area contributed by atoms with Gasteiger partial charge in [-0.3, -0.25) is 0 Å². The third-order valence-electron chi connectivity index (χ3n) is 5.29. The fraction of sp³-hybridized carbons (Fsp3) is 0.409. The Balaban J connectivity index is 0.00000300. The second kappa shape index (κ2) is 9.87. The molecule has 158 valence electrons. The number of rotatable bonds is 6. The van der Waals surface area contributed by atoms with Crippen LogP contribution in [0.2, 0.25) is 0 Å². The third-order valence-corrected chi connectivity index (χ3v) is 5.29. The van der Waals surface area contributed by atoms with Crippen LogP contribution in [0.5, 0.6) is 23.0 Å². The Labute approximate surface area is 183 Å². The molecule has 0 spiro atoms. The molecule has 0 fully saturated rings. The number of methoxy groups -OCH3 is 4. The monoisotopic (exact) mass is 464 g/mol. The van der Waals surface area contributed by atoms with Crippen molar-refractivity contribution in [1.29, 1.82) is 0 Å². The lowest BCUT2D eigenvalue weighted by molar-refractivity contribution is 0.353. The maximum absolute atomic E-state index is 5.56. The van der Waals surface area contributed by atoms with Gasteiger partial charge in [-0.1, -0.05) is 6.92 Å². The highest BCUT2D eigenvalue weighted by Crippen LogP contribution is 2.39. The molecule has 6 nitrogen and oxygen atoms in total. The van der Waals surface area contributed by atoms with Gasteiger partial charge in [0.2, 0.25) is 0 Å². The molecule has 1 aliphatic rings. The molecule has 3 rings (SSSR count).